The van der Waals surface area contributed by atoms with Crippen LogP contribution in [0.25, 0.3) is 0 Å². The lowest BCUT2D eigenvalue weighted by atomic mass is 10.2. The Labute approximate surface area is 103 Å². The number of sulfone groups is 1. The van der Waals surface area contributed by atoms with Gasteiger partial charge in [0, 0.05) is 18.8 Å². The summed E-state index contributed by atoms with van der Waals surface area (Å²) in [6, 6.07) is -0.00523. The predicted molar refractivity (Wildman–Crippen MR) is 65.8 cm³/mol. The molecule has 100 valence electrons. The SMILES string of the molecule is CCN(CCC(=O)O)C1CCCC1S(C)(=O)=O. The molecule has 2 unspecified atom stereocenters. The second-order valence-corrected chi connectivity index (χ2v) is 6.90. The molecular formula is C11H21NO4S. The monoisotopic (exact) mass is 263 g/mol. The second-order valence-electron chi connectivity index (χ2n) is 4.64. The topological polar surface area (TPSA) is 74.7 Å². The smallest absolute Gasteiger partial charge is 0.304 e. The summed E-state index contributed by atoms with van der Waals surface area (Å²) in [5, 5.41) is 8.36. The number of carboxylic acids is 1. The lowest BCUT2D eigenvalue weighted by Crippen LogP contribution is -2.44. The van der Waals surface area contributed by atoms with E-state index in [4.69, 9.17) is 5.11 Å². The van der Waals surface area contributed by atoms with E-state index in [1.807, 2.05) is 11.8 Å². The van der Waals surface area contributed by atoms with Crippen molar-refractivity contribution in [2.75, 3.05) is 19.3 Å². The fourth-order valence-electron chi connectivity index (χ4n) is 2.62. The van der Waals surface area contributed by atoms with Gasteiger partial charge >= 0.3 is 5.97 Å². The van der Waals surface area contributed by atoms with Crippen molar-refractivity contribution < 1.29 is 18.3 Å². The molecule has 1 rings (SSSR count). The first kappa shape index (κ1) is 14.4. The fourth-order valence-corrected chi connectivity index (χ4v) is 4.09. The Morgan fingerprint density at radius 1 is 1.41 bits per heavy atom. The van der Waals surface area contributed by atoms with Gasteiger partial charge in [-0.05, 0) is 19.4 Å². The van der Waals surface area contributed by atoms with Crippen LogP contribution in [0.1, 0.15) is 32.6 Å². The van der Waals surface area contributed by atoms with E-state index in [0.717, 1.165) is 12.8 Å². The third kappa shape index (κ3) is 3.96. The molecule has 0 aromatic carbocycles. The summed E-state index contributed by atoms with van der Waals surface area (Å²) in [6.07, 6.45) is 3.81. The number of carbonyl (C=O) groups is 1. The maximum absolute atomic E-state index is 11.7. The predicted octanol–water partition coefficient (Wildman–Crippen LogP) is 0.749. The average Bonchev–Trinajstić information content (AvgIpc) is 2.66. The van der Waals surface area contributed by atoms with Crippen LogP contribution < -0.4 is 0 Å². The van der Waals surface area contributed by atoms with Crippen LogP contribution in [0, 0.1) is 0 Å². The highest BCUT2D eigenvalue weighted by Gasteiger charge is 2.37. The number of carboxylic acid groups (broad SMARTS) is 1. The van der Waals surface area contributed by atoms with Crippen LogP contribution in [0.4, 0.5) is 0 Å². The van der Waals surface area contributed by atoms with Gasteiger partial charge in [-0.25, -0.2) is 8.42 Å². The van der Waals surface area contributed by atoms with Crippen molar-refractivity contribution in [3.63, 3.8) is 0 Å². The highest BCUT2D eigenvalue weighted by atomic mass is 32.2. The third-order valence-corrected chi connectivity index (χ3v) is 5.11. The van der Waals surface area contributed by atoms with E-state index in [1.54, 1.807) is 0 Å². The van der Waals surface area contributed by atoms with Gasteiger partial charge < -0.3 is 5.11 Å². The van der Waals surface area contributed by atoms with Crippen LogP contribution in [0.2, 0.25) is 0 Å². The van der Waals surface area contributed by atoms with E-state index in [1.165, 1.54) is 6.26 Å². The van der Waals surface area contributed by atoms with Crippen LogP contribution in [-0.4, -0.2) is 55.0 Å². The number of nitrogens with zero attached hydrogens (tertiary/aromatic N) is 1. The van der Waals surface area contributed by atoms with Crippen molar-refractivity contribution in [2.24, 2.45) is 0 Å². The first-order valence-corrected chi connectivity index (χ1v) is 7.96. The van der Waals surface area contributed by atoms with Gasteiger partial charge in [0.15, 0.2) is 9.84 Å². The molecule has 6 heteroatoms. The highest BCUT2D eigenvalue weighted by molar-refractivity contribution is 7.91. The van der Waals surface area contributed by atoms with Gasteiger partial charge in [0.1, 0.15) is 0 Å². The third-order valence-electron chi connectivity index (χ3n) is 3.46. The molecule has 0 amide bonds. The minimum Gasteiger partial charge on any atom is -0.481 e. The maximum atomic E-state index is 11.7. The summed E-state index contributed by atoms with van der Waals surface area (Å²) in [5.41, 5.74) is 0. The normalized spacial score (nSPS) is 25.4. The molecule has 1 fully saturated rings. The Balaban J connectivity index is 2.70. The summed E-state index contributed by atoms with van der Waals surface area (Å²) < 4.78 is 23.3. The van der Waals surface area contributed by atoms with Gasteiger partial charge in [-0.15, -0.1) is 0 Å². The van der Waals surface area contributed by atoms with Crippen molar-refractivity contribution in [2.45, 2.75) is 43.9 Å². The Kier molecular flexibility index (Phi) is 4.94. The second kappa shape index (κ2) is 5.82. The fraction of sp³-hybridized carbons (Fsp3) is 0.909. The van der Waals surface area contributed by atoms with Gasteiger partial charge in [0.05, 0.1) is 11.7 Å². The summed E-state index contributed by atoms with van der Waals surface area (Å²) in [7, 11) is -3.03. The van der Waals surface area contributed by atoms with Crippen molar-refractivity contribution in [1.82, 2.24) is 4.90 Å². The largest absolute Gasteiger partial charge is 0.481 e. The van der Waals surface area contributed by atoms with Crippen molar-refractivity contribution in [3.8, 4) is 0 Å². The molecular weight excluding hydrogens is 242 g/mol. The van der Waals surface area contributed by atoms with Gasteiger partial charge in [-0.2, -0.15) is 0 Å². The summed E-state index contributed by atoms with van der Waals surface area (Å²) in [5.74, 6) is -0.836. The standard InChI is InChI=1S/C11H21NO4S/c1-3-12(8-7-11(13)14)9-5-4-6-10(9)17(2,15)16/h9-10H,3-8H2,1-2H3,(H,13,14). The molecule has 0 aromatic rings. The molecule has 2 atom stereocenters. The Morgan fingerprint density at radius 3 is 2.53 bits per heavy atom. The Bertz CT molecular complexity index is 366. The quantitative estimate of drug-likeness (QED) is 0.765. The summed E-state index contributed by atoms with van der Waals surface area (Å²) >= 11 is 0. The molecule has 1 aliphatic rings. The van der Waals surface area contributed by atoms with Crippen LogP contribution in [0.3, 0.4) is 0 Å². The molecule has 0 radical (unpaired) electrons. The van der Waals surface area contributed by atoms with Gasteiger partial charge in [-0.3, -0.25) is 9.69 Å². The summed E-state index contributed by atoms with van der Waals surface area (Å²) in [6.45, 7) is 3.08. The van der Waals surface area contributed by atoms with E-state index in [0.29, 0.717) is 19.5 Å². The molecule has 1 saturated carbocycles. The Morgan fingerprint density at radius 2 is 2.06 bits per heavy atom. The lowest BCUT2D eigenvalue weighted by Gasteiger charge is -2.30. The van der Waals surface area contributed by atoms with Crippen LogP contribution in [-0.2, 0) is 14.6 Å². The van der Waals surface area contributed by atoms with Gasteiger partial charge in [0.25, 0.3) is 0 Å². The molecule has 0 bridgehead atoms. The molecule has 0 heterocycles. The van der Waals surface area contributed by atoms with Crippen molar-refractivity contribution in [1.29, 1.82) is 0 Å². The van der Waals surface area contributed by atoms with E-state index < -0.39 is 15.8 Å². The van der Waals surface area contributed by atoms with Crippen LogP contribution in [0.15, 0.2) is 0 Å². The van der Waals surface area contributed by atoms with E-state index >= 15 is 0 Å². The van der Waals surface area contributed by atoms with Crippen molar-refractivity contribution in [3.05, 3.63) is 0 Å². The lowest BCUT2D eigenvalue weighted by molar-refractivity contribution is -0.137. The number of hydrogen-bond donors (Lipinski definition) is 1. The minimum absolute atomic E-state index is 0.00523. The Hall–Kier alpha value is -0.620. The molecule has 1 aliphatic carbocycles. The first-order valence-electron chi connectivity index (χ1n) is 6.01. The zero-order valence-corrected chi connectivity index (χ0v) is 11.2. The first-order chi connectivity index (χ1) is 7.86. The van der Waals surface area contributed by atoms with E-state index in [9.17, 15) is 13.2 Å². The van der Waals surface area contributed by atoms with Crippen molar-refractivity contribution >= 4 is 15.8 Å². The van der Waals surface area contributed by atoms with Crippen LogP contribution >= 0.6 is 0 Å². The van der Waals surface area contributed by atoms with E-state index in [2.05, 4.69) is 0 Å². The average molecular weight is 263 g/mol. The summed E-state index contributed by atoms with van der Waals surface area (Å²) in [4.78, 5) is 12.6. The molecule has 17 heavy (non-hydrogen) atoms. The molecule has 0 aliphatic heterocycles. The molecule has 0 spiro atoms. The number of rotatable bonds is 6. The number of aliphatic carboxylic acids is 1. The zero-order chi connectivity index (χ0) is 13.1. The van der Waals surface area contributed by atoms with Crippen LogP contribution in [0.5, 0.6) is 0 Å². The number of hydrogen-bond acceptors (Lipinski definition) is 4. The maximum Gasteiger partial charge on any atom is 0.304 e. The molecule has 0 aromatic heterocycles. The minimum atomic E-state index is -3.03. The molecule has 1 N–H and O–H groups in total. The molecule has 0 saturated heterocycles. The van der Waals surface area contributed by atoms with Gasteiger partial charge in [0.2, 0.25) is 0 Å². The van der Waals surface area contributed by atoms with E-state index in [-0.39, 0.29) is 17.7 Å². The molecule has 5 nitrogen and oxygen atoms in total. The highest BCUT2D eigenvalue weighted by Crippen LogP contribution is 2.29. The zero-order valence-electron chi connectivity index (χ0n) is 10.4. The van der Waals surface area contributed by atoms with Gasteiger partial charge in [-0.1, -0.05) is 13.3 Å².